The van der Waals surface area contributed by atoms with E-state index in [0.29, 0.717) is 13.2 Å². The van der Waals surface area contributed by atoms with E-state index in [1.54, 1.807) is 11.3 Å². The quantitative estimate of drug-likeness (QED) is 0.775. The van der Waals surface area contributed by atoms with E-state index in [4.69, 9.17) is 10.5 Å². The Balaban J connectivity index is 2.66. The van der Waals surface area contributed by atoms with E-state index >= 15 is 0 Å². The van der Waals surface area contributed by atoms with Crippen molar-refractivity contribution < 1.29 is 4.74 Å². The SMILES string of the molecule is CCOC(CN)c1cnc(C)s1. The Kier molecular flexibility index (Phi) is 3.65. The Bertz CT molecular complexity index is 237. The lowest BCUT2D eigenvalue weighted by atomic mass is 10.3. The molecule has 1 rings (SSSR count). The summed E-state index contributed by atoms with van der Waals surface area (Å²) in [5, 5.41) is 1.06. The minimum atomic E-state index is 0.0289. The molecule has 1 unspecified atom stereocenters. The maximum atomic E-state index is 5.55. The fourth-order valence-corrected chi connectivity index (χ4v) is 1.84. The van der Waals surface area contributed by atoms with Crippen molar-refractivity contribution in [1.29, 1.82) is 0 Å². The van der Waals surface area contributed by atoms with Gasteiger partial charge in [-0.25, -0.2) is 4.98 Å². The van der Waals surface area contributed by atoms with E-state index in [0.717, 1.165) is 9.88 Å². The molecule has 0 bridgehead atoms. The Labute approximate surface area is 76.6 Å². The Hall–Kier alpha value is -0.450. The lowest BCUT2D eigenvalue weighted by molar-refractivity contribution is 0.0712. The van der Waals surface area contributed by atoms with E-state index in [-0.39, 0.29) is 6.10 Å². The highest BCUT2D eigenvalue weighted by Gasteiger charge is 2.11. The van der Waals surface area contributed by atoms with Crippen molar-refractivity contribution >= 4 is 11.3 Å². The third kappa shape index (κ3) is 2.27. The molecular weight excluding hydrogens is 172 g/mol. The molecule has 0 aliphatic rings. The molecule has 0 aliphatic carbocycles. The summed E-state index contributed by atoms with van der Waals surface area (Å²) in [6, 6.07) is 0. The second-order valence-electron chi connectivity index (χ2n) is 2.46. The molecule has 0 fully saturated rings. The first kappa shape index (κ1) is 9.64. The molecule has 0 saturated heterocycles. The van der Waals surface area contributed by atoms with Crippen LogP contribution in [-0.4, -0.2) is 18.1 Å². The standard InChI is InChI=1S/C8H14N2OS/c1-3-11-7(4-9)8-5-10-6(2)12-8/h5,7H,3-4,9H2,1-2H3. The minimum absolute atomic E-state index is 0.0289. The predicted octanol–water partition coefficient (Wildman–Crippen LogP) is 1.49. The largest absolute Gasteiger partial charge is 0.372 e. The summed E-state index contributed by atoms with van der Waals surface area (Å²) in [6.45, 7) is 5.17. The van der Waals surface area contributed by atoms with Crippen LogP contribution < -0.4 is 5.73 Å². The van der Waals surface area contributed by atoms with E-state index < -0.39 is 0 Å². The summed E-state index contributed by atoms with van der Waals surface area (Å²) in [4.78, 5) is 5.27. The van der Waals surface area contributed by atoms with Crippen LogP contribution in [0.2, 0.25) is 0 Å². The number of thiazole rings is 1. The van der Waals surface area contributed by atoms with Crippen LogP contribution in [0, 0.1) is 6.92 Å². The highest BCUT2D eigenvalue weighted by atomic mass is 32.1. The number of hydrogen-bond acceptors (Lipinski definition) is 4. The summed E-state index contributed by atoms with van der Waals surface area (Å²) in [6.07, 6.45) is 1.87. The predicted molar refractivity (Wildman–Crippen MR) is 50.3 cm³/mol. The van der Waals surface area contributed by atoms with Gasteiger partial charge in [0, 0.05) is 19.3 Å². The first-order chi connectivity index (χ1) is 5.77. The van der Waals surface area contributed by atoms with Gasteiger partial charge in [0.05, 0.1) is 9.88 Å². The molecule has 1 aromatic heterocycles. The number of hydrogen-bond donors (Lipinski definition) is 1. The maximum absolute atomic E-state index is 5.55. The number of aromatic nitrogens is 1. The average Bonchev–Trinajstić information content (AvgIpc) is 2.47. The first-order valence-corrected chi connectivity index (χ1v) is 4.83. The maximum Gasteiger partial charge on any atom is 0.105 e. The molecule has 12 heavy (non-hydrogen) atoms. The van der Waals surface area contributed by atoms with Gasteiger partial charge in [-0.2, -0.15) is 0 Å². The van der Waals surface area contributed by atoms with Crippen LogP contribution in [0.3, 0.4) is 0 Å². The molecule has 0 aliphatic heterocycles. The van der Waals surface area contributed by atoms with E-state index in [1.165, 1.54) is 0 Å². The lowest BCUT2D eigenvalue weighted by Gasteiger charge is -2.11. The molecule has 1 atom stereocenters. The summed E-state index contributed by atoms with van der Waals surface area (Å²) >= 11 is 1.64. The minimum Gasteiger partial charge on any atom is -0.372 e. The van der Waals surface area contributed by atoms with Gasteiger partial charge in [0.15, 0.2) is 0 Å². The van der Waals surface area contributed by atoms with Crippen LogP contribution in [-0.2, 0) is 4.74 Å². The first-order valence-electron chi connectivity index (χ1n) is 4.02. The van der Waals surface area contributed by atoms with Crippen LogP contribution in [0.5, 0.6) is 0 Å². The molecule has 68 valence electrons. The van der Waals surface area contributed by atoms with Crippen LogP contribution in [0.25, 0.3) is 0 Å². The van der Waals surface area contributed by atoms with Crippen molar-refractivity contribution in [2.75, 3.05) is 13.2 Å². The molecule has 0 spiro atoms. The summed E-state index contributed by atoms with van der Waals surface area (Å²) in [7, 11) is 0. The van der Waals surface area contributed by atoms with Gasteiger partial charge >= 0.3 is 0 Å². The van der Waals surface area contributed by atoms with E-state index in [2.05, 4.69) is 4.98 Å². The summed E-state index contributed by atoms with van der Waals surface area (Å²) in [5.74, 6) is 0. The number of rotatable bonds is 4. The van der Waals surface area contributed by atoms with Gasteiger partial charge in [-0.05, 0) is 13.8 Å². The molecule has 0 aromatic carbocycles. The zero-order valence-corrected chi connectivity index (χ0v) is 8.23. The Morgan fingerprint density at radius 1 is 1.75 bits per heavy atom. The van der Waals surface area contributed by atoms with Crippen LogP contribution in [0.15, 0.2) is 6.20 Å². The van der Waals surface area contributed by atoms with Crippen molar-refractivity contribution in [2.45, 2.75) is 20.0 Å². The normalized spacial score (nSPS) is 13.2. The fourth-order valence-electron chi connectivity index (χ4n) is 0.994. The molecule has 2 N–H and O–H groups in total. The molecule has 0 radical (unpaired) electrons. The topological polar surface area (TPSA) is 48.1 Å². The molecule has 1 heterocycles. The average molecular weight is 186 g/mol. The van der Waals surface area contributed by atoms with Crippen LogP contribution >= 0.6 is 11.3 Å². The third-order valence-corrected chi connectivity index (χ3v) is 2.54. The zero-order valence-electron chi connectivity index (χ0n) is 7.41. The summed E-state index contributed by atoms with van der Waals surface area (Å²) < 4.78 is 5.44. The van der Waals surface area contributed by atoms with Crippen molar-refractivity contribution in [3.05, 3.63) is 16.1 Å². The number of aryl methyl sites for hydroxylation is 1. The smallest absolute Gasteiger partial charge is 0.105 e. The van der Waals surface area contributed by atoms with Gasteiger partial charge < -0.3 is 10.5 Å². The molecule has 3 nitrogen and oxygen atoms in total. The highest BCUT2D eigenvalue weighted by Crippen LogP contribution is 2.22. The van der Waals surface area contributed by atoms with E-state index in [9.17, 15) is 0 Å². The highest BCUT2D eigenvalue weighted by molar-refractivity contribution is 7.11. The van der Waals surface area contributed by atoms with Crippen molar-refractivity contribution in [3.8, 4) is 0 Å². The molecule has 4 heteroatoms. The monoisotopic (exact) mass is 186 g/mol. The van der Waals surface area contributed by atoms with Crippen LogP contribution in [0.4, 0.5) is 0 Å². The van der Waals surface area contributed by atoms with Crippen LogP contribution in [0.1, 0.15) is 22.9 Å². The van der Waals surface area contributed by atoms with Gasteiger partial charge in [0.1, 0.15) is 6.10 Å². The second-order valence-corrected chi connectivity index (χ2v) is 3.73. The number of nitrogens with zero attached hydrogens (tertiary/aromatic N) is 1. The zero-order chi connectivity index (χ0) is 8.97. The van der Waals surface area contributed by atoms with Gasteiger partial charge in [0.2, 0.25) is 0 Å². The summed E-state index contributed by atoms with van der Waals surface area (Å²) in [5.41, 5.74) is 5.55. The molecule has 0 saturated carbocycles. The van der Waals surface area contributed by atoms with Crippen molar-refractivity contribution in [1.82, 2.24) is 4.98 Å². The van der Waals surface area contributed by atoms with Gasteiger partial charge in [-0.15, -0.1) is 11.3 Å². The molecular formula is C8H14N2OS. The molecule has 1 aromatic rings. The molecule has 0 amide bonds. The van der Waals surface area contributed by atoms with Gasteiger partial charge in [-0.1, -0.05) is 0 Å². The number of ether oxygens (including phenoxy) is 1. The number of nitrogens with two attached hydrogens (primary N) is 1. The fraction of sp³-hybridized carbons (Fsp3) is 0.625. The lowest BCUT2D eigenvalue weighted by Crippen LogP contribution is -2.14. The van der Waals surface area contributed by atoms with Crippen molar-refractivity contribution in [3.63, 3.8) is 0 Å². The Morgan fingerprint density at radius 2 is 2.50 bits per heavy atom. The van der Waals surface area contributed by atoms with Gasteiger partial charge in [-0.3, -0.25) is 0 Å². The Morgan fingerprint density at radius 3 is 2.92 bits per heavy atom. The van der Waals surface area contributed by atoms with Crippen molar-refractivity contribution in [2.24, 2.45) is 5.73 Å². The second kappa shape index (κ2) is 4.54. The third-order valence-electron chi connectivity index (χ3n) is 1.54. The van der Waals surface area contributed by atoms with E-state index in [1.807, 2.05) is 20.0 Å². The van der Waals surface area contributed by atoms with Gasteiger partial charge in [0.25, 0.3) is 0 Å².